The first-order valence-electron chi connectivity index (χ1n) is 10.5. The molecule has 0 saturated carbocycles. The first-order valence-corrected chi connectivity index (χ1v) is 10.5. The Morgan fingerprint density at radius 2 is 2.09 bits per heavy atom. The summed E-state index contributed by atoms with van der Waals surface area (Å²) >= 11 is 0. The summed E-state index contributed by atoms with van der Waals surface area (Å²) in [5, 5.41) is 14.8. The lowest BCUT2D eigenvalue weighted by Gasteiger charge is -2.25. The number of nitrogens with one attached hydrogen (secondary N) is 2. The summed E-state index contributed by atoms with van der Waals surface area (Å²) in [5.41, 5.74) is 3.89. The van der Waals surface area contributed by atoms with Crippen molar-refractivity contribution < 1.29 is 9.53 Å². The Hall–Kier alpha value is -4.18. The van der Waals surface area contributed by atoms with Crippen molar-refractivity contribution in [2.45, 2.75) is 19.2 Å². The van der Waals surface area contributed by atoms with Crippen molar-refractivity contribution in [3.63, 3.8) is 0 Å². The van der Waals surface area contributed by atoms with Crippen molar-refractivity contribution in [3.05, 3.63) is 83.8 Å². The molecule has 166 valence electrons. The van der Waals surface area contributed by atoms with Crippen LogP contribution in [0.4, 0.5) is 5.69 Å². The average Bonchev–Trinajstić information content (AvgIpc) is 3.24. The molecule has 0 saturated heterocycles. The van der Waals surface area contributed by atoms with Crippen LogP contribution in [0.25, 0.3) is 11.5 Å². The van der Waals surface area contributed by atoms with Gasteiger partial charge in [-0.1, -0.05) is 12.1 Å². The van der Waals surface area contributed by atoms with Gasteiger partial charge in [-0.3, -0.25) is 9.78 Å². The van der Waals surface area contributed by atoms with Crippen LogP contribution in [0.15, 0.2) is 61.2 Å². The molecule has 0 fully saturated rings. The summed E-state index contributed by atoms with van der Waals surface area (Å²) in [5.74, 6) is 1.21. The monoisotopic (exact) mass is 442 g/mol. The van der Waals surface area contributed by atoms with E-state index in [-0.39, 0.29) is 11.9 Å². The average molecular weight is 442 g/mol. The van der Waals surface area contributed by atoms with Crippen molar-refractivity contribution in [2.75, 3.05) is 11.9 Å². The Morgan fingerprint density at radius 1 is 1.15 bits per heavy atom. The molecule has 0 unspecified atom stereocenters. The molecule has 10 nitrogen and oxygen atoms in total. The van der Waals surface area contributed by atoms with E-state index in [9.17, 15) is 4.79 Å². The summed E-state index contributed by atoms with van der Waals surface area (Å²) in [6.07, 6.45) is 4.88. The number of fused-ring (bicyclic) bond motifs is 1. The zero-order valence-electron chi connectivity index (χ0n) is 18.0. The molecule has 3 aromatic heterocycles. The molecule has 1 aliphatic heterocycles. The highest BCUT2D eigenvalue weighted by molar-refractivity contribution is 5.95. The van der Waals surface area contributed by atoms with E-state index in [2.05, 4.69) is 35.8 Å². The van der Waals surface area contributed by atoms with Crippen LogP contribution in [0.5, 0.6) is 0 Å². The minimum Gasteiger partial charge on any atom is -0.378 e. The van der Waals surface area contributed by atoms with E-state index in [1.165, 1.54) is 6.33 Å². The van der Waals surface area contributed by atoms with E-state index in [1.807, 2.05) is 35.9 Å². The largest absolute Gasteiger partial charge is 0.378 e. The molecule has 0 aliphatic carbocycles. The number of amides is 1. The Kier molecular flexibility index (Phi) is 5.73. The lowest BCUT2D eigenvalue weighted by molar-refractivity contribution is 0.0694. The quantitative estimate of drug-likeness (QED) is 0.467. The maximum Gasteiger partial charge on any atom is 0.251 e. The molecule has 10 heteroatoms. The summed E-state index contributed by atoms with van der Waals surface area (Å²) in [6, 6.07) is 12.7. The van der Waals surface area contributed by atoms with Crippen LogP contribution < -0.4 is 10.6 Å². The molecule has 0 bridgehead atoms. The third-order valence-corrected chi connectivity index (χ3v) is 5.46. The fourth-order valence-corrected chi connectivity index (χ4v) is 3.72. The number of nitrogens with zero attached hydrogens (tertiary/aromatic N) is 6. The molecular weight excluding hydrogens is 420 g/mol. The first-order chi connectivity index (χ1) is 16.2. The summed E-state index contributed by atoms with van der Waals surface area (Å²) < 4.78 is 7.49. The van der Waals surface area contributed by atoms with Crippen LogP contribution >= 0.6 is 0 Å². The molecular formula is C23H22N8O2. The van der Waals surface area contributed by atoms with Gasteiger partial charge in [-0.2, -0.15) is 0 Å². The highest BCUT2D eigenvalue weighted by Crippen LogP contribution is 2.23. The number of anilines is 1. The van der Waals surface area contributed by atoms with E-state index in [1.54, 1.807) is 30.6 Å². The molecule has 1 amide bonds. The van der Waals surface area contributed by atoms with Crippen LogP contribution in [0, 0.1) is 0 Å². The molecule has 4 aromatic rings. The van der Waals surface area contributed by atoms with Gasteiger partial charge in [0, 0.05) is 36.3 Å². The third-order valence-electron chi connectivity index (χ3n) is 5.46. The van der Waals surface area contributed by atoms with Gasteiger partial charge in [0.05, 0.1) is 31.5 Å². The molecule has 0 radical (unpaired) electrons. The maximum absolute atomic E-state index is 12.9. The zero-order valence-corrected chi connectivity index (χ0v) is 18.0. The van der Waals surface area contributed by atoms with Gasteiger partial charge in [0.15, 0.2) is 11.6 Å². The molecule has 1 atom stereocenters. The lowest BCUT2D eigenvalue weighted by atomic mass is 10.0. The second-order valence-corrected chi connectivity index (χ2v) is 7.62. The molecule has 1 aliphatic rings. The zero-order chi connectivity index (χ0) is 22.6. The van der Waals surface area contributed by atoms with Crippen LogP contribution in [-0.2, 0) is 24.9 Å². The first kappa shape index (κ1) is 20.7. The van der Waals surface area contributed by atoms with Gasteiger partial charge in [-0.05, 0) is 30.3 Å². The fraction of sp³-hybridized carbons (Fsp3) is 0.217. The number of carbonyl (C=O) groups excluding carboxylic acids is 1. The molecule has 0 spiro atoms. The van der Waals surface area contributed by atoms with E-state index < -0.39 is 0 Å². The SMILES string of the molecule is Cn1c(CNc2cccc(C(=O)N[C@H]3COCc4cccnc43)c2)nnc1-c1ccncn1. The Balaban J connectivity index is 1.26. The number of ether oxygens (including phenoxy) is 1. The number of rotatable bonds is 6. The second-order valence-electron chi connectivity index (χ2n) is 7.62. The van der Waals surface area contributed by atoms with Gasteiger partial charge in [-0.25, -0.2) is 9.97 Å². The predicted octanol–water partition coefficient (Wildman–Crippen LogP) is 2.28. The molecule has 1 aromatic carbocycles. The van der Waals surface area contributed by atoms with E-state index in [0.29, 0.717) is 36.8 Å². The van der Waals surface area contributed by atoms with Crippen molar-refractivity contribution >= 4 is 11.6 Å². The number of pyridine rings is 1. The van der Waals surface area contributed by atoms with Gasteiger partial charge in [0.25, 0.3) is 5.91 Å². The van der Waals surface area contributed by atoms with Crippen molar-refractivity contribution in [1.82, 2.24) is 35.0 Å². The number of carbonyl (C=O) groups is 1. The van der Waals surface area contributed by atoms with Gasteiger partial charge in [0.1, 0.15) is 12.0 Å². The van der Waals surface area contributed by atoms with Crippen molar-refractivity contribution in [2.24, 2.45) is 7.05 Å². The third kappa shape index (κ3) is 4.41. The Morgan fingerprint density at radius 3 is 2.97 bits per heavy atom. The summed E-state index contributed by atoms with van der Waals surface area (Å²) in [4.78, 5) is 25.5. The van der Waals surface area contributed by atoms with E-state index >= 15 is 0 Å². The Labute approximate surface area is 190 Å². The number of hydrogen-bond donors (Lipinski definition) is 2. The summed E-state index contributed by atoms with van der Waals surface area (Å²) in [6.45, 7) is 1.35. The Bertz CT molecular complexity index is 1270. The fourth-order valence-electron chi connectivity index (χ4n) is 3.72. The van der Waals surface area contributed by atoms with Crippen LogP contribution in [-0.4, -0.2) is 42.2 Å². The van der Waals surface area contributed by atoms with Gasteiger partial charge >= 0.3 is 0 Å². The predicted molar refractivity (Wildman–Crippen MR) is 120 cm³/mol. The second kappa shape index (κ2) is 9.13. The van der Waals surface area contributed by atoms with Crippen LogP contribution in [0.2, 0.25) is 0 Å². The molecule has 5 rings (SSSR count). The number of aromatic nitrogens is 6. The summed E-state index contributed by atoms with van der Waals surface area (Å²) in [7, 11) is 1.89. The molecule has 4 heterocycles. The lowest BCUT2D eigenvalue weighted by Crippen LogP contribution is -2.35. The minimum atomic E-state index is -0.280. The van der Waals surface area contributed by atoms with Crippen molar-refractivity contribution in [1.29, 1.82) is 0 Å². The molecule has 33 heavy (non-hydrogen) atoms. The molecule has 2 N–H and O–H groups in total. The van der Waals surface area contributed by atoms with Crippen molar-refractivity contribution in [3.8, 4) is 11.5 Å². The highest BCUT2D eigenvalue weighted by Gasteiger charge is 2.24. The number of benzene rings is 1. The topological polar surface area (TPSA) is 120 Å². The minimum absolute atomic E-state index is 0.185. The smallest absolute Gasteiger partial charge is 0.251 e. The highest BCUT2D eigenvalue weighted by atomic mass is 16.5. The maximum atomic E-state index is 12.9. The van der Waals surface area contributed by atoms with Crippen LogP contribution in [0.3, 0.4) is 0 Å². The standard InChI is InChI=1S/C23H22N8O2/c1-31-20(29-30-22(31)18-7-9-24-14-27-18)11-26-17-6-2-4-15(10-17)23(32)28-19-13-33-12-16-5-3-8-25-21(16)19/h2-10,14,19,26H,11-13H2,1H3,(H,28,32)/t19-/m0/s1. The van der Waals surface area contributed by atoms with Gasteiger partial charge in [-0.15, -0.1) is 10.2 Å². The van der Waals surface area contributed by atoms with E-state index in [0.717, 1.165) is 22.8 Å². The van der Waals surface area contributed by atoms with Crippen LogP contribution in [0.1, 0.15) is 33.5 Å². The number of hydrogen-bond acceptors (Lipinski definition) is 8. The van der Waals surface area contributed by atoms with Gasteiger partial charge in [0.2, 0.25) is 0 Å². The van der Waals surface area contributed by atoms with Gasteiger partial charge < -0.3 is 19.9 Å². The van der Waals surface area contributed by atoms with E-state index in [4.69, 9.17) is 4.74 Å². The normalized spacial score (nSPS) is 15.0.